The van der Waals surface area contributed by atoms with Gasteiger partial charge in [-0.1, -0.05) is 17.7 Å². The minimum atomic E-state index is -0.332. The minimum absolute atomic E-state index is 0. The Morgan fingerprint density at radius 3 is 2.94 bits per heavy atom. The second-order valence-corrected chi connectivity index (χ2v) is 4.68. The fourth-order valence-electron chi connectivity index (χ4n) is 1.99. The highest BCUT2D eigenvalue weighted by molar-refractivity contribution is 6.30. The van der Waals surface area contributed by atoms with E-state index in [2.05, 4.69) is 17.1 Å². The van der Waals surface area contributed by atoms with E-state index in [-0.39, 0.29) is 23.2 Å². The predicted molar refractivity (Wildman–Crippen MR) is 71.4 cm³/mol. The number of hydrogen-bond acceptors (Lipinski definition) is 2. The molecule has 0 aliphatic carbocycles. The molecule has 1 fully saturated rings. The van der Waals surface area contributed by atoms with E-state index in [0.717, 1.165) is 31.7 Å². The van der Waals surface area contributed by atoms with Gasteiger partial charge in [0.25, 0.3) is 0 Å². The van der Waals surface area contributed by atoms with Gasteiger partial charge in [-0.25, -0.2) is 4.39 Å². The molecule has 0 radical (unpaired) electrons. The molecule has 2 rings (SSSR count). The molecule has 96 valence electrons. The number of piperazine rings is 1. The zero-order valence-corrected chi connectivity index (χ0v) is 11.3. The molecule has 1 saturated heterocycles. The van der Waals surface area contributed by atoms with E-state index in [1.165, 1.54) is 6.07 Å². The summed E-state index contributed by atoms with van der Waals surface area (Å²) in [5.41, 5.74) is 0.982. The van der Waals surface area contributed by atoms with Gasteiger partial charge in [-0.15, -0.1) is 12.4 Å². The molecular weight excluding hydrogens is 262 g/mol. The molecule has 0 aromatic heterocycles. The molecule has 0 saturated carbocycles. The van der Waals surface area contributed by atoms with Crippen molar-refractivity contribution in [2.45, 2.75) is 19.5 Å². The van der Waals surface area contributed by atoms with E-state index < -0.39 is 0 Å². The molecule has 1 aliphatic heterocycles. The van der Waals surface area contributed by atoms with E-state index in [1.54, 1.807) is 6.07 Å². The minimum Gasteiger partial charge on any atom is -0.314 e. The number of nitrogens with zero attached hydrogens (tertiary/aromatic N) is 1. The van der Waals surface area contributed by atoms with Gasteiger partial charge in [-0.2, -0.15) is 0 Å². The lowest BCUT2D eigenvalue weighted by Crippen LogP contribution is -2.49. The predicted octanol–water partition coefficient (Wildman–Crippen LogP) is 2.69. The van der Waals surface area contributed by atoms with Crippen LogP contribution in [0.2, 0.25) is 5.02 Å². The molecule has 1 N–H and O–H groups in total. The van der Waals surface area contributed by atoms with Crippen LogP contribution in [-0.4, -0.2) is 30.6 Å². The van der Waals surface area contributed by atoms with Gasteiger partial charge in [-0.05, 0) is 24.6 Å². The Bertz CT molecular complexity index is 374. The van der Waals surface area contributed by atoms with Crippen LogP contribution in [0.25, 0.3) is 0 Å². The van der Waals surface area contributed by atoms with Crippen LogP contribution in [0, 0.1) is 5.82 Å². The van der Waals surface area contributed by atoms with Gasteiger partial charge in [0.15, 0.2) is 0 Å². The van der Waals surface area contributed by atoms with Crippen molar-refractivity contribution in [1.82, 2.24) is 10.2 Å². The lowest BCUT2D eigenvalue weighted by molar-refractivity contribution is 0.165. The smallest absolute Gasteiger partial charge is 0.142 e. The number of nitrogens with one attached hydrogen (secondary N) is 1. The van der Waals surface area contributed by atoms with E-state index in [4.69, 9.17) is 11.6 Å². The second-order valence-electron chi connectivity index (χ2n) is 4.27. The summed E-state index contributed by atoms with van der Waals surface area (Å²) in [5, 5.41) is 3.53. The summed E-state index contributed by atoms with van der Waals surface area (Å²) < 4.78 is 13.3. The first-order chi connectivity index (χ1) is 7.66. The highest BCUT2D eigenvalue weighted by atomic mass is 35.5. The third kappa shape index (κ3) is 3.81. The van der Waals surface area contributed by atoms with E-state index >= 15 is 0 Å². The van der Waals surface area contributed by atoms with Crippen molar-refractivity contribution >= 4 is 24.0 Å². The van der Waals surface area contributed by atoms with Gasteiger partial charge in [0.05, 0.1) is 5.02 Å². The summed E-state index contributed by atoms with van der Waals surface area (Å²) in [6, 6.07) is 5.53. The number of rotatable bonds is 2. The van der Waals surface area contributed by atoms with Gasteiger partial charge in [-0.3, -0.25) is 4.90 Å². The van der Waals surface area contributed by atoms with Crippen molar-refractivity contribution < 1.29 is 4.39 Å². The Morgan fingerprint density at radius 1 is 1.53 bits per heavy atom. The zero-order chi connectivity index (χ0) is 11.5. The number of halogens is 3. The highest BCUT2D eigenvalue weighted by Gasteiger charge is 2.17. The third-order valence-corrected chi connectivity index (χ3v) is 3.32. The first kappa shape index (κ1) is 14.7. The molecule has 0 amide bonds. The van der Waals surface area contributed by atoms with Crippen molar-refractivity contribution in [3.8, 4) is 0 Å². The molecule has 1 heterocycles. The Labute approximate surface area is 113 Å². The molecular formula is C12H17Cl2FN2. The molecule has 1 aromatic rings. The monoisotopic (exact) mass is 278 g/mol. The van der Waals surface area contributed by atoms with Gasteiger partial charge >= 0.3 is 0 Å². The van der Waals surface area contributed by atoms with Crippen LogP contribution in [0.15, 0.2) is 18.2 Å². The fraction of sp³-hybridized carbons (Fsp3) is 0.500. The molecule has 17 heavy (non-hydrogen) atoms. The summed E-state index contributed by atoms with van der Waals surface area (Å²) in [5.74, 6) is -0.332. The molecule has 1 atom stereocenters. The van der Waals surface area contributed by atoms with Crippen LogP contribution in [0.3, 0.4) is 0 Å². The van der Waals surface area contributed by atoms with Gasteiger partial charge in [0.1, 0.15) is 5.82 Å². The Kier molecular flexibility index (Phi) is 5.67. The van der Waals surface area contributed by atoms with Crippen molar-refractivity contribution in [3.05, 3.63) is 34.6 Å². The molecule has 5 heteroatoms. The van der Waals surface area contributed by atoms with Crippen molar-refractivity contribution in [1.29, 1.82) is 0 Å². The van der Waals surface area contributed by atoms with Crippen LogP contribution >= 0.6 is 24.0 Å². The third-order valence-electron chi connectivity index (χ3n) is 3.01. The molecule has 1 unspecified atom stereocenters. The average molecular weight is 279 g/mol. The molecule has 0 spiro atoms. The zero-order valence-electron chi connectivity index (χ0n) is 9.75. The van der Waals surface area contributed by atoms with Crippen LogP contribution in [0.1, 0.15) is 12.5 Å². The lowest BCUT2D eigenvalue weighted by Gasteiger charge is -2.33. The standard InChI is InChI=1S/C12H16ClFN2.ClH/c1-9-7-15-4-5-16(9)8-10-2-3-11(13)12(14)6-10;/h2-3,6,9,15H,4-5,7-8H2,1H3;1H. The molecule has 1 aliphatic rings. The number of hydrogen-bond donors (Lipinski definition) is 1. The van der Waals surface area contributed by atoms with E-state index in [1.807, 2.05) is 6.07 Å². The SMILES string of the molecule is CC1CNCCN1Cc1ccc(Cl)c(F)c1.Cl. The lowest BCUT2D eigenvalue weighted by atomic mass is 10.1. The summed E-state index contributed by atoms with van der Waals surface area (Å²) in [4.78, 5) is 2.35. The quantitative estimate of drug-likeness (QED) is 0.895. The largest absolute Gasteiger partial charge is 0.314 e. The van der Waals surface area contributed by atoms with Gasteiger partial charge in [0, 0.05) is 32.2 Å². The van der Waals surface area contributed by atoms with Crippen LogP contribution < -0.4 is 5.32 Å². The van der Waals surface area contributed by atoms with E-state index in [0.29, 0.717) is 6.04 Å². The summed E-state index contributed by atoms with van der Waals surface area (Å²) in [7, 11) is 0. The Balaban J connectivity index is 0.00000144. The molecule has 1 aromatic carbocycles. The van der Waals surface area contributed by atoms with Crippen LogP contribution in [0.5, 0.6) is 0 Å². The second kappa shape index (κ2) is 6.55. The van der Waals surface area contributed by atoms with Crippen LogP contribution in [0.4, 0.5) is 4.39 Å². The van der Waals surface area contributed by atoms with Gasteiger partial charge < -0.3 is 5.32 Å². The van der Waals surface area contributed by atoms with Crippen molar-refractivity contribution in [3.63, 3.8) is 0 Å². The average Bonchev–Trinajstić information content (AvgIpc) is 2.27. The molecule has 2 nitrogen and oxygen atoms in total. The van der Waals surface area contributed by atoms with Crippen LogP contribution in [-0.2, 0) is 6.54 Å². The summed E-state index contributed by atoms with van der Waals surface area (Å²) in [6.07, 6.45) is 0. The summed E-state index contributed by atoms with van der Waals surface area (Å²) in [6.45, 7) is 5.97. The maximum Gasteiger partial charge on any atom is 0.142 e. The Hall–Kier alpha value is -0.350. The maximum absolute atomic E-state index is 13.3. The van der Waals surface area contributed by atoms with Gasteiger partial charge in [0.2, 0.25) is 0 Å². The first-order valence-corrected chi connectivity index (χ1v) is 5.93. The topological polar surface area (TPSA) is 15.3 Å². The molecule has 0 bridgehead atoms. The highest BCUT2D eigenvalue weighted by Crippen LogP contribution is 2.17. The first-order valence-electron chi connectivity index (χ1n) is 5.55. The number of benzene rings is 1. The maximum atomic E-state index is 13.3. The van der Waals surface area contributed by atoms with Crippen molar-refractivity contribution in [2.24, 2.45) is 0 Å². The Morgan fingerprint density at radius 2 is 2.29 bits per heavy atom. The van der Waals surface area contributed by atoms with E-state index in [9.17, 15) is 4.39 Å². The summed E-state index contributed by atoms with van der Waals surface area (Å²) >= 11 is 5.65. The van der Waals surface area contributed by atoms with Crippen molar-refractivity contribution in [2.75, 3.05) is 19.6 Å². The normalized spacial score (nSPS) is 21.0. The fourth-order valence-corrected chi connectivity index (χ4v) is 2.11.